The van der Waals surface area contributed by atoms with E-state index in [1.807, 2.05) is 0 Å². The molecule has 1 aliphatic heterocycles. The van der Waals surface area contributed by atoms with Crippen LogP contribution in [0, 0.1) is 5.92 Å². The molecule has 1 saturated heterocycles. The molecule has 5 nitrogen and oxygen atoms in total. The number of amides is 2. The highest BCUT2D eigenvalue weighted by Crippen LogP contribution is 2.31. The van der Waals surface area contributed by atoms with Crippen LogP contribution in [-0.4, -0.2) is 56.9 Å². The standard InChI is InChI=1S/C10H17NO4S2/c1-6-2-8(12)3-11(6,10(14)15)9(13)7(4-16)5-17/h6-8,12H,2-5H2,1H3,(H2-,14,15,16,17)/p+1/t6-,8?,11?/m1/s1. The molecular weight excluding hydrogens is 262 g/mol. The third kappa shape index (κ3) is 2.47. The largest absolute Gasteiger partial charge is 0.521 e. The molecule has 2 amide bonds. The van der Waals surface area contributed by atoms with E-state index in [0.717, 1.165) is 0 Å². The highest BCUT2D eigenvalue weighted by atomic mass is 32.1. The van der Waals surface area contributed by atoms with Crippen LogP contribution in [0.5, 0.6) is 0 Å². The van der Waals surface area contributed by atoms with E-state index in [1.54, 1.807) is 6.92 Å². The van der Waals surface area contributed by atoms with E-state index < -0.39 is 34.5 Å². The van der Waals surface area contributed by atoms with Gasteiger partial charge in [-0.3, -0.25) is 0 Å². The van der Waals surface area contributed by atoms with Gasteiger partial charge >= 0.3 is 12.0 Å². The van der Waals surface area contributed by atoms with Crippen LogP contribution in [0.4, 0.5) is 4.79 Å². The molecule has 98 valence electrons. The number of aliphatic hydroxyl groups excluding tert-OH is 1. The Morgan fingerprint density at radius 2 is 1.94 bits per heavy atom. The molecule has 0 aliphatic carbocycles. The van der Waals surface area contributed by atoms with Gasteiger partial charge in [0.2, 0.25) is 0 Å². The Morgan fingerprint density at radius 1 is 1.41 bits per heavy atom. The molecule has 0 saturated carbocycles. The number of hydrogen-bond acceptors (Lipinski definition) is 5. The maximum absolute atomic E-state index is 12.3. The van der Waals surface area contributed by atoms with Crippen LogP contribution in [0.3, 0.4) is 0 Å². The van der Waals surface area contributed by atoms with Gasteiger partial charge in [-0.05, 0) is 6.92 Å². The zero-order valence-corrected chi connectivity index (χ0v) is 11.4. The summed E-state index contributed by atoms with van der Waals surface area (Å²) >= 11 is 8.10. The molecule has 0 aromatic rings. The predicted molar refractivity (Wildman–Crippen MR) is 69.4 cm³/mol. The predicted octanol–water partition coefficient (Wildman–Crippen LogP) is 0.637. The third-order valence-corrected chi connectivity index (χ3v) is 4.27. The number of nitrogens with zero attached hydrogens (tertiary/aromatic N) is 1. The topological polar surface area (TPSA) is 74.6 Å². The van der Waals surface area contributed by atoms with Gasteiger partial charge in [0, 0.05) is 17.9 Å². The van der Waals surface area contributed by atoms with E-state index in [0.29, 0.717) is 6.42 Å². The number of likely N-dealkylation sites (tertiary alicyclic amines) is 1. The fourth-order valence-electron chi connectivity index (χ4n) is 2.37. The molecule has 0 radical (unpaired) electrons. The molecule has 1 heterocycles. The Morgan fingerprint density at radius 3 is 2.24 bits per heavy atom. The van der Waals surface area contributed by atoms with Gasteiger partial charge in [0.1, 0.15) is 18.7 Å². The number of quaternary nitrogens is 1. The number of hydrogen-bond donors (Lipinski definition) is 4. The zero-order valence-electron chi connectivity index (χ0n) is 9.61. The summed E-state index contributed by atoms with van der Waals surface area (Å²) in [5.74, 6) is -0.395. The van der Waals surface area contributed by atoms with Gasteiger partial charge < -0.3 is 10.2 Å². The van der Waals surface area contributed by atoms with E-state index in [4.69, 9.17) is 0 Å². The van der Waals surface area contributed by atoms with Crippen LogP contribution < -0.4 is 0 Å². The Labute approximate surface area is 111 Å². The minimum absolute atomic E-state index is 0.0621. The number of carbonyl (C=O) groups excluding carboxylic acids is 1. The van der Waals surface area contributed by atoms with E-state index in [9.17, 15) is 19.8 Å². The summed E-state index contributed by atoms with van der Waals surface area (Å²) in [7, 11) is 0. The maximum Gasteiger partial charge on any atom is 0.521 e. The first-order valence-electron chi connectivity index (χ1n) is 5.45. The summed E-state index contributed by atoms with van der Waals surface area (Å²) < 4.78 is -0.701. The highest BCUT2D eigenvalue weighted by Gasteiger charge is 2.57. The van der Waals surface area contributed by atoms with Gasteiger partial charge in [-0.2, -0.15) is 34.5 Å². The van der Waals surface area contributed by atoms with Gasteiger partial charge in [-0.1, -0.05) is 0 Å². The fourth-order valence-corrected chi connectivity index (χ4v) is 3.14. The number of thiol groups is 2. The smallest absolute Gasteiger partial charge is 0.435 e. The molecule has 2 N–H and O–H groups in total. The SMILES string of the molecule is C[C@@H]1CC(O)C[N+]1(C(=O)O)C(=O)C(CS)CS. The van der Waals surface area contributed by atoms with Crippen molar-refractivity contribution in [2.24, 2.45) is 5.92 Å². The second kappa shape index (κ2) is 5.60. The van der Waals surface area contributed by atoms with Crippen molar-refractivity contribution >= 4 is 37.3 Å². The molecule has 1 fully saturated rings. The van der Waals surface area contributed by atoms with Gasteiger partial charge in [0.15, 0.2) is 0 Å². The summed E-state index contributed by atoms with van der Waals surface area (Å²) in [5, 5.41) is 18.9. The molecule has 0 aromatic heterocycles. The summed E-state index contributed by atoms with van der Waals surface area (Å²) in [6, 6.07) is -0.419. The molecule has 0 bridgehead atoms. The molecule has 1 rings (SSSR count). The van der Waals surface area contributed by atoms with Crippen LogP contribution in [-0.2, 0) is 4.79 Å². The van der Waals surface area contributed by atoms with Crippen molar-refractivity contribution in [2.45, 2.75) is 25.5 Å². The number of rotatable bonds is 3. The summed E-state index contributed by atoms with van der Waals surface area (Å²) in [5.41, 5.74) is 0. The minimum Gasteiger partial charge on any atom is -0.435 e. The van der Waals surface area contributed by atoms with Gasteiger partial charge in [0.05, 0.1) is 5.92 Å². The monoisotopic (exact) mass is 280 g/mol. The lowest BCUT2D eigenvalue weighted by atomic mass is 10.1. The van der Waals surface area contributed by atoms with Crippen molar-refractivity contribution in [2.75, 3.05) is 18.1 Å². The lowest BCUT2D eigenvalue weighted by Gasteiger charge is -2.31. The van der Waals surface area contributed by atoms with Crippen molar-refractivity contribution in [3.63, 3.8) is 0 Å². The van der Waals surface area contributed by atoms with Crippen molar-refractivity contribution in [1.29, 1.82) is 0 Å². The Hall–Kier alpha value is -0.240. The van der Waals surface area contributed by atoms with Crippen LogP contribution >= 0.6 is 25.3 Å². The van der Waals surface area contributed by atoms with E-state index in [1.165, 1.54) is 0 Å². The fraction of sp³-hybridized carbons (Fsp3) is 0.800. The number of carbonyl (C=O) groups is 2. The first kappa shape index (κ1) is 14.8. The first-order chi connectivity index (χ1) is 7.90. The lowest BCUT2D eigenvalue weighted by Crippen LogP contribution is -2.61. The van der Waals surface area contributed by atoms with Crippen LogP contribution in [0.2, 0.25) is 0 Å². The Balaban J connectivity index is 3.09. The van der Waals surface area contributed by atoms with E-state index in [2.05, 4.69) is 25.3 Å². The molecule has 7 heteroatoms. The average molecular weight is 280 g/mol. The maximum atomic E-state index is 12.3. The third-order valence-electron chi connectivity index (χ3n) is 3.39. The van der Waals surface area contributed by atoms with Crippen molar-refractivity contribution in [3.8, 4) is 0 Å². The highest BCUT2D eigenvalue weighted by molar-refractivity contribution is 7.81. The number of aliphatic hydroxyl groups is 1. The van der Waals surface area contributed by atoms with Crippen LogP contribution in [0.1, 0.15) is 13.3 Å². The zero-order chi connectivity index (χ0) is 13.2. The normalized spacial score (nSPS) is 33.0. The number of imide groups is 1. The quantitative estimate of drug-likeness (QED) is 0.452. The van der Waals surface area contributed by atoms with Crippen molar-refractivity contribution in [3.05, 3.63) is 0 Å². The van der Waals surface area contributed by atoms with Gasteiger partial charge in [-0.15, -0.1) is 0 Å². The summed E-state index contributed by atoms with van der Waals surface area (Å²) in [4.78, 5) is 23.8. The number of carboxylic acid groups (broad SMARTS) is 1. The molecule has 1 aliphatic rings. The Bertz CT molecular complexity index is 321. The summed E-state index contributed by atoms with van der Waals surface area (Å²) in [6.07, 6.45) is -1.62. The molecule has 2 unspecified atom stereocenters. The molecular formula is C10H18NO4S2+. The van der Waals surface area contributed by atoms with Crippen molar-refractivity contribution < 1.29 is 24.3 Å². The van der Waals surface area contributed by atoms with Crippen LogP contribution in [0.25, 0.3) is 0 Å². The second-order valence-corrected chi connectivity index (χ2v) is 5.20. The first-order valence-corrected chi connectivity index (χ1v) is 6.72. The molecule has 17 heavy (non-hydrogen) atoms. The van der Waals surface area contributed by atoms with Crippen LogP contribution in [0.15, 0.2) is 0 Å². The minimum atomic E-state index is -1.20. The lowest BCUT2D eigenvalue weighted by molar-refractivity contribution is -0.795. The van der Waals surface area contributed by atoms with Gasteiger partial charge in [0.25, 0.3) is 0 Å². The van der Waals surface area contributed by atoms with E-state index in [-0.39, 0.29) is 18.1 Å². The van der Waals surface area contributed by atoms with E-state index >= 15 is 0 Å². The summed E-state index contributed by atoms with van der Waals surface area (Å²) in [6.45, 7) is 1.61. The average Bonchev–Trinajstić information content (AvgIpc) is 2.56. The van der Waals surface area contributed by atoms with Gasteiger partial charge in [-0.25, -0.2) is 4.79 Å². The van der Waals surface area contributed by atoms with Crippen molar-refractivity contribution in [1.82, 2.24) is 0 Å². The Kier molecular flexibility index (Phi) is 4.88. The molecule has 0 aromatic carbocycles. The molecule has 0 spiro atoms. The molecule has 3 atom stereocenters. The second-order valence-electron chi connectivity index (χ2n) is 4.47.